The van der Waals surface area contributed by atoms with Crippen LogP contribution in [0.1, 0.15) is 26.5 Å². The van der Waals surface area contributed by atoms with Gasteiger partial charge in [-0.3, -0.25) is 5.32 Å². The van der Waals surface area contributed by atoms with Crippen LogP contribution in [0.5, 0.6) is 0 Å². The molecule has 1 heterocycles. The minimum atomic E-state index is -0.529. The van der Waals surface area contributed by atoms with Crippen LogP contribution in [0.15, 0.2) is 36.7 Å². The van der Waals surface area contributed by atoms with Crippen molar-refractivity contribution in [3.05, 3.63) is 42.4 Å². The van der Waals surface area contributed by atoms with E-state index in [0.717, 1.165) is 11.4 Å². The van der Waals surface area contributed by atoms with Gasteiger partial charge in [0.25, 0.3) is 0 Å². The van der Waals surface area contributed by atoms with Crippen LogP contribution in [0.25, 0.3) is 0 Å². The smallest absolute Gasteiger partial charge is 0.412 e. The third-order valence-electron chi connectivity index (χ3n) is 2.58. The number of aromatic nitrogens is 2. The first-order valence-corrected chi connectivity index (χ1v) is 6.97. The van der Waals surface area contributed by atoms with Crippen LogP contribution in [-0.4, -0.2) is 21.7 Å². The number of hydrogen-bond acceptors (Lipinski definition) is 5. The van der Waals surface area contributed by atoms with Gasteiger partial charge in [-0.05, 0) is 45.9 Å². The summed E-state index contributed by atoms with van der Waals surface area (Å²) in [6.07, 6.45) is 1.02. The lowest BCUT2D eigenvalue weighted by atomic mass is 10.2. The molecule has 0 aliphatic rings. The van der Waals surface area contributed by atoms with Crippen molar-refractivity contribution in [2.45, 2.75) is 33.3 Å². The van der Waals surface area contributed by atoms with E-state index < -0.39 is 11.7 Å². The summed E-state index contributed by atoms with van der Waals surface area (Å²) in [5.74, 6) is 0.696. The van der Waals surface area contributed by atoms with Crippen molar-refractivity contribution in [2.24, 2.45) is 0 Å². The van der Waals surface area contributed by atoms with Crippen molar-refractivity contribution in [2.75, 3.05) is 10.6 Å². The minimum Gasteiger partial charge on any atom is -0.444 e. The van der Waals surface area contributed by atoms with E-state index in [1.807, 2.05) is 45.9 Å². The highest BCUT2D eigenvalue weighted by Crippen LogP contribution is 2.19. The van der Waals surface area contributed by atoms with Crippen molar-refractivity contribution >= 4 is 23.3 Å². The summed E-state index contributed by atoms with van der Waals surface area (Å²) in [6, 6.07) is 9.16. The van der Waals surface area contributed by atoms with Gasteiger partial charge in [-0.15, -0.1) is 0 Å². The SMILES string of the molecule is Cc1cc(Nc2cccc(NC(=O)OC(C)(C)C)c2)ncn1. The van der Waals surface area contributed by atoms with E-state index in [4.69, 9.17) is 4.74 Å². The Labute approximate surface area is 129 Å². The average molecular weight is 300 g/mol. The number of anilines is 3. The molecule has 6 nitrogen and oxygen atoms in total. The Morgan fingerprint density at radius 1 is 1.14 bits per heavy atom. The van der Waals surface area contributed by atoms with Crippen LogP contribution in [0.4, 0.5) is 22.0 Å². The van der Waals surface area contributed by atoms with Crippen molar-refractivity contribution in [3.8, 4) is 0 Å². The highest BCUT2D eigenvalue weighted by atomic mass is 16.6. The minimum absolute atomic E-state index is 0.484. The lowest BCUT2D eigenvalue weighted by Gasteiger charge is -2.19. The molecule has 0 unspecified atom stereocenters. The second kappa shape index (κ2) is 6.43. The standard InChI is InChI=1S/C16H20N4O2/c1-11-8-14(18-10-17-11)19-12-6-5-7-13(9-12)20-15(21)22-16(2,3)4/h5-10H,1-4H3,(H,20,21)(H,17,18,19). The van der Waals surface area contributed by atoms with E-state index in [2.05, 4.69) is 20.6 Å². The van der Waals surface area contributed by atoms with Crippen LogP contribution in [0, 0.1) is 6.92 Å². The van der Waals surface area contributed by atoms with Gasteiger partial charge in [0, 0.05) is 23.1 Å². The van der Waals surface area contributed by atoms with E-state index in [9.17, 15) is 4.79 Å². The average Bonchev–Trinajstić information content (AvgIpc) is 2.36. The molecule has 6 heteroatoms. The molecule has 1 aromatic heterocycles. The summed E-state index contributed by atoms with van der Waals surface area (Å²) in [6.45, 7) is 7.36. The molecular weight excluding hydrogens is 280 g/mol. The number of benzene rings is 1. The molecule has 0 radical (unpaired) electrons. The molecular formula is C16H20N4O2. The molecule has 0 fully saturated rings. The fourth-order valence-corrected chi connectivity index (χ4v) is 1.77. The molecule has 2 aromatic rings. The topological polar surface area (TPSA) is 76.1 Å². The summed E-state index contributed by atoms with van der Waals surface area (Å²) in [4.78, 5) is 20.0. The molecule has 2 rings (SSSR count). The van der Waals surface area contributed by atoms with E-state index in [1.165, 1.54) is 6.33 Å². The van der Waals surface area contributed by atoms with Crippen molar-refractivity contribution in [3.63, 3.8) is 0 Å². The van der Waals surface area contributed by atoms with Gasteiger partial charge in [0.05, 0.1) is 0 Å². The molecule has 0 saturated carbocycles. The number of carbonyl (C=O) groups excluding carboxylic acids is 1. The fourth-order valence-electron chi connectivity index (χ4n) is 1.77. The summed E-state index contributed by atoms with van der Waals surface area (Å²) >= 11 is 0. The zero-order valence-corrected chi connectivity index (χ0v) is 13.2. The Hall–Kier alpha value is -2.63. The predicted molar refractivity (Wildman–Crippen MR) is 86.4 cm³/mol. The van der Waals surface area contributed by atoms with Gasteiger partial charge in [0.2, 0.25) is 0 Å². The highest BCUT2D eigenvalue weighted by Gasteiger charge is 2.16. The molecule has 116 valence electrons. The van der Waals surface area contributed by atoms with Gasteiger partial charge >= 0.3 is 6.09 Å². The summed E-state index contributed by atoms with van der Waals surface area (Å²) < 4.78 is 5.22. The Bertz CT molecular complexity index is 665. The van der Waals surface area contributed by atoms with Gasteiger partial charge in [-0.1, -0.05) is 6.07 Å². The third kappa shape index (κ3) is 5.05. The quantitative estimate of drug-likeness (QED) is 0.899. The molecule has 0 aliphatic heterocycles. The van der Waals surface area contributed by atoms with Crippen molar-refractivity contribution < 1.29 is 9.53 Å². The number of ether oxygens (including phenoxy) is 1. The van der Waals surface area contributed by atoms with Gasteiger partial charge in [-0.25, -0.2) is 14.8 Å². The van der Waals surface area contributed by atoms with Gasteiger partial charge in [-0.2, -0.15) is 0 Å². The number of nitrogens with zero attached hydrogens (tertiary/aromatic N) is 2. The van der Waals surface area contributed by atoms with Gasteiger partial charge in [0.1, 0.15) is 17.7 Å². The zero-order chi connectivity index (χ0) is 16.2. The second-order valence-electron chi connectivity index (χ2n) is 5.88. The van der Waals surface area contributed by atoms with Crippen molar-refractivity contribution in [1.82, 2.24) is 9.97 Å². The molecule has 0 saturated heterocycles. The second-order valence-corrected chi connectivity index (χ2v) is 5.88. The molecule has 2 N–H and O–H groups in total. The molecule has 1 aromatic carbocycles. The van der Waals surface area contributed by atoms with E-state index >= 15 is 0 Å². The summed E-state index contributed by atoms with van der Waals surface area (Å²) in [7, 11) is 0. The fraction of sp³-hybridized carbons (Fsp3) is 0.312. The van der Waals surface area contributed by atoms with E-state index in [1.54, 1.807) is 12.1 Å². The number of amides is 1. The van der Waals surface area contributed by atoms with Crippen molar-refractivity contribution in [1.29, 1.82) is 0 Å². The summed E-state index contributed by atoms with van der Waals surface area (Å²) in [5, 5.41) is 5.87. The lowest BCUT2D eigenvalue weighted by molar-refractivity contribution is 0.0636. The number of carbonyl (C=O) groups is 1. The number of aryl methyl sites for hydroxylation is 1. The Balaban J connectivity index is 2.05. The monoisotopic (exact) mass is 300 g/mol. The molecule has 1 amide bonds. The molecule has 0 aliphatic carbocycles. The Morgan fingerprint density at radius 3 is 2.55 bits per heavy atom. The maximum atomic E-state index is 11.8. The van der Waals surface area contributed by atoms with E-state index in [-0.39, 0.29) is 0 Å². The maximum Gasteiger partial charge on any atom is 0.412 e. The number of nitrogens with one attached hydrogen (secondary N) is 2. The predicted octanol–water partition coefficient (Wildman–Crippen LogP) is 3.88. The van der Waals surface area contributed by atoms with Crippen LogP contribution in [0.3, 0.4) is 0 Å². The number of hydrogen-bond donors (Lipinski definition) is 2. The lowest BCUT2D eigenvalue weighted by Crippen LogP contribution is -2.27. The molecule has 0 atom stereocenters. The summed E-state index contributed by atoms with van der Waals surface area (Å²) in [5.41, 5.74) is 1.80. The maximum absolute atomic E-state index is 11.8. The van der Waals surface area contributed by atoms with Crippen LogP contribution >= 0.6 is 0 Å². The Morgan fingerprint density at radius 2 is 1.86 bits per heavy atom. The molecule has 22 heavy (non-hydrogen) atoms. The zero-order valence-electron chi connectivity index (χ0n) is 13.2. The van der Waals surface area contributed by atoms with Gasteiger partial charge in [0.15, 0.2) is 0 Å². The molecule has 0 spiro atoms. The first-order chi connectivity index (χ1) is 10.3. The first kappa shape index (κ1) is 15.8. The van der Waals surface area contributed by atoms with Crippen LogP contribution in [0.2, 0.25) is 0 Å². The van der Waals surface area contributed by atoms with E-state index in [0.29, 0.717) is 11.5 Å². The molecule has 0 bridgehead atoms. The normalized spacial score (nSPS) is 10.9. The van der Waals surface area contributed by atoms with Crippen LogP contribution in [-0.2, 0) is 4.74 Å². The third-order valence-corrected chi connectivity index (χ3v) is 2.58. The Kier molecular flexibility index (Phi) is 4.60. The number of rotatable bonds is 3. The largest absolute Gasteiger partial charge is 0.444 e. The first-order valence-electron chi connectivity index (χ1n) is 6.97. The van der Waals surface area contributed by atoms with Gasteiger partial charge < -0.3 is 10.1 Å². The van der Waals surface area contributed by atoms with Crippen LogP contribution < -0.4 is 10.6 Å². The highest BCUT2D eigenvalue weighted by molar-refractivity contribution is 5.85.